The summed E-state index contributed by atoms with van der Waals surface area (Å²) in [6.07, 6.45) is 4.53. The number of fused-ring (bicyclic) bond motifs is 2. The van der Waals surface area contributed by atoms with Crippen molar-refractivity contribution in [2.24, 2.45) is 13.0 Å². The molecule has 246 valence electrons. The van der Waals surface area contributed by atoms with Gasteiger partial charge in [-0.3, -0.25) is 33.2 Å². The van der Waals surface area contributed by atoms with Gasteiger partial charge in [0.25, 0.3) is 11.5 Å². The van der Waals surface area contributed by atoms with Crippen LogP contribution in [-0.4, -0.2) is 103 Å². The molecule has 1 N–H and O–H groups in total. The molecule has 1 aliphatic carbocycles. The van der Waals surface area contributed by atoms with Crippen molar-refractivity contribution < 1.29 is 19.2 Å². The molecule has 13 nitrogen and oxygen atoms in total. The lowest BCUT2D eigenvalue weighted by molar-refractivity contribution is -0.142. The first-order chi connectivity index (χ1) is 22.0. The highest BCUT2D eigenvalue weighted by Gasteiger charge is 2.35. The van der Waals surface area contributed by atoms with Gasteiger partial charge in [-0.15, -0.1) is 0 Å². The maximum atomic E-state index is 14.1. The number of carbonyl (C=O) groups is 4. The van der Waals surface area contributed by atoms with E-state index < -0.39 is 0 Å². The van der Waals surface area contributed by atoms with Crippen molar-refractivity contribution in [1.82, 2.24) is 39.3 Å². The average molecular weight is 633 g/mol. The minimum absolute atomic E-state index is 0.0182. The number of likely N-dealkylation sites (N-methyl/N-ethyl adjacent to an activating group) is 1. The van der Waals surface area contributed by atoms with Gasteiger partial charge in [-0.2, -0.15) is 5.10 Å². The molecule has 2 aliphatic rings. The third-order valence-corrected chi connectivity index (χ3v) is 8.97. The lowest BCUT2D eigenvalue weighted by atomic mass is 9.89. The van der Waals surface area contributed by atoms with Gasteiger partial charge in [0.1, 0.15) is 0 Å². The summed E-state index contributed by atoms with van der Waals surface area (Å²) in [6.45, 7) is 5.18. The van der Waals surface area contributed by atoms with E-state index in [1.54, 1.807) is 34.8 Å². The smallest absolute Gasteiger partial charge is 0.274 e. The van der Waals surface area contributed by atoms with Crippen molar-refractivity contribution in [3.8, 4) is 0 Å². The molecule has 13 heteroatoms. The van der Waals surface area contributed by atoms with Crippen LogP contribution in [0.4, 0.5) is 0 Å². The maximum absolute atomic E-state index is 14.1. The van der Waals surface area contributed by atoms with Crippen molar-refractivity contribution in [3.05, 3.63) is 57.9 Å². The molecule has 0 spiro atoms. The third kappa shape index (κ3) is 7.29. The fourth-order valence-corrected chi connectivity index (χ4v) is 6.32. The fourth-order valence-electron chi connectivity index (χ4n) is 6.32. The highest BCUT2D eigenvalue weighted by atomic mass is 16.2. The minimum atomic E-state index is -0.322. The summed E-state index contributed by atoms with van der Waals surface area (Å²) in [5.74, 6) is -0.681. The van der Waals surface area contributed by atoms with Gasteiger partial charge in [-0.1, -0.05) is 26.0 Å². The number of carbonyl (C=O) groups excluding carboxylic acids is 4. The quantitative estimate of drug-likeness (QED) is 0.433. The second-order valence-corrected chi connectivity index (χ2v) is 12.8. The van der Waals surface area contributed by atoms with Crippen LogP contribution in [0.15, 0.2) is 35.4 Å². The molecule has 5 rings (SSSR count). The summed E-state index contributed by atoms with van der Waals surface area (Å²) in [5, 5.41) is 7.84. The van der Waals surface area contributed by atoms with E-state index in [4.69, 9.17) is 0 Å². The number of benzene rings is 1. The molecule has 0 saturated heterocycles. The average Bonchev–Trinajstić information content (AvgIpc) is 3.36. The number of para-hydroxylation sites is 1. The summed E-state index contributed by atoms with van der Waals surface area (Å²) in [6, 6.07) is 6.91. The first-order valence-electron chi connectivity index (χ1n) is 16.1. The number of hydrogen-bond donors (Lipinski definition) is 1. The highest BCUT2D eigenvalue weighted by Crippen LogP contribution is 2.28. The SMILES string of the molecule is CC(C)CCN1C(=O)CN(C(=O)CCn2cnc3ccccc3c2=O)CCCNC(=O)CN(C)C(=O)c2nn(C)c3c2CC1CC3. The van der Waals surface area contributed by atoms with E-state index in [1.165, 1.54) is 15.8 Å². The Labute approximate surface area is 268 Å². The third-order valence-electron chi connectivity index (χ3n) is 8.97. The highest BCUT2D eigenvalue weighted by molar-refractivity contribution is 5.96. The van der Waals surface area contributed by atoms with Crippen molar-refractivity contribution in [3.63, 3.8) is 0 Å². The Morgan fingerprint density at radius 2 is 1.85 bits per heavy atom. The molecule has 0 radical (unpaired) electrons. The van der Waals surface area contributed by atoms with E-state index in [2.05, 4.69) is 29.2 Å². The number of hydrogen-bond acceptors (Lipinski definition) is 7. The molecule has 1 aromatic carbocycles. The number of nitrogens with one attached hydrogen (secondary N) is 1. The van der Waals surface area contributed by atoms with Crippen molar-refractivity contribution >= 4 is 34.5 Å². The Kier molecular flexibility index (Phi) is 10.2. The Balaban J connectivity index is 1.40. The van der Waals surface area contributed by atoms with Crippen LogP contribution < -0.4 is 10.9 Å². The molecule has 0 saturated carbocycles. The van der Waals surface area contributed by atoms with E-state index >= 15 is 0 Å². The molecule has 3 heterocycles. The first kappa shape index (κ1) is 32.8. The summed E-state index contributed by atoms with van der Waals surface area (Å²) in [7, 11) is 3.40. The molecule has 0 fully saturated rings. The van der Waals surface area contributed by atoms with Crippen LogP contribution in [-0.2, 0) is 40.8 Å². The zero-order valence-electron chi connectivity index (χ0n) is 27.2. The summed E-state index contributed by atoms with van der Waals surface area (Å²) in [4.78, 5) is 76.0. The van der Waals surface area contributed by atoms with E-state index in [1.807, 2.05) is 18.0 Å². The number of aromatic nitrogens is 4. The second-order valence-electron chi connectivity index (χ2n) is 12.8. The largest absolute Gasteiger partial charge is 0.354 e. The Bertz CT molecular complexity index is 1680. The van der Waals surface area contributed by atoms with Gasteiger partial charge in [0.2, 0.25) is 17.7 Å². The van der Waals surface area contributed by atoms with Crippen LogP contribution >= 0.6 is 0 Å². The van der Waals surface area contributed by atoms with Gasteiger partial charge in [0.15, 0.2) is 5.69 Å². The van der Waals surface area contributed by atoms with E-state index in [0.717, 1.165) is 17.7 Å². The maximum Gasteiger partial charge on any atom is 0.274 e. The van der Waals surface area contributed by atoms with Gasteiger partial charge in [-0.25, -0.2) is 4.98 Å². The summed E-state index contributed by atoms with van der Waals surface area (Å²) >= 11 is 0. The Morgan fingerprint density at radius 3 is 2.63 bits per heavy atom. The predicted molar refractivity (Wildman–Crippen MR) is 172 cm³/mol. The molecule has 1 atom stereocenters. The predicted octanol–water partition coefficient (Wildman–Crippen LogP) is 1.37. The molecule has 1 aliphatic heterocycles. The Hall–Kier alpha value is -4.55. The number of aryl methyl sites for hydroxylation is 2. The summed E-state index contributed by atoms with van der Waals surface area (Å²) in [5.41, 5.74) is 2.46. The molecular weight excluding hydrogens is 588 g/mol. The standard InChI is InChI=1S/C33H44N8O5/c1-22(2)12-17-41-23-10-11-27-25(18-23)31(36-38(27)4)33(46)37(3)19-28(42)34-14-7-15-39(20-30(41)44)29(43)13-16-40-21-35-26-9-6-5-8-24(26)32(40)45/h5-6,8-9,21-23H,7,10-20H2,1-4H3,(H,34,42). The van der Waals surface area contributed by atoms with Crippen molar-refractivity contribution in [2.45, 2.75) is 65.0 Å². The number of amides is 4. The van der Waals surface area contributed by atoms with Crippen LogP contribution in [0.5, 0.6) is 0 Å². The minimum Gasteiger partial charge on any atom is -0.354 e. The lowest BCUT2D eigenvalue weighted by Gasteiger charge is -2.37. The molecule has 3 aromatic rings. The number of rotatable bonds is 6. The van der Waals surface area contributed by atoms with Gasteiger partial charge in [0.05, 0.1) is 30.3 Å². The van der Waals surface area contributed by atoms with Crippen LogP contribution in [0.3, 0.4) is 0 Å². The summed E-state index contributed by atoms with van der Waals surface area (Å²) < 4.78 is 3.16. The van der Waals surface area contributed by atoms with Gasteiger partial charge in [-0.05, 0) is 50.2 Å². The molecule has 2 aromatic heterocycles. The Morgan fingerprint density at radius 1 is 1.07 bits per heavy atom. The van der Waals surface area contributed by atoms with Gasteiger partial charge in [0, 0.05) is 64.0 Å². The topological polar surface area (TPSA) is 143 Å². The van der Waals surface area contributed by atoms with Crippen LogP contribution in [0.2, 0.25) is 0 Å². The molecule has 1 unspecified atom stereocenters. The lowest BCUT2D eigenvalue weighted by Crippen LogP contribution is -2.50. The zero-order valence-corrected chi connectivity index (χ0v) is 27.2. The normalized spacial score (nSPS) is 18.4. The molecule has 2 bridgehead atoms. The van der Waals surface area contributed by atoms with Crippen molar-refractivity contribution in [2.75, 3.05) is 39.8 Å². The molecule has 4 amide bonds. The van der Waals surface area contributed by atoms with E-state index in [-0.39, 0.29) is 74.4 Å². The van der Waals surface area contributed by atoms with Crippen LogP contribution in [0.25, 0.3) is 10.9 Å². The molecule has 46 heavy (non-hydrogen) atoms. The second kappa shape index (κ2) is 14.3. The fraction of sp³-hybridized carbons (Fsp3) is 0.545. The van der Waals surface area contributed by atoms with Gasteiger partial charge < -0.3 is 20.0 Å². The first-order valence-corrected chi connectivity index (χ1v) is 16.1. The van der Waals surface area contributed by atoms with E-state index in [9.17, 15) is 24.0 Å². The van der Waals surface area contributed by atoms with Crippen LogP contribution in [0, 0.1) is 5.92 Å². The number of nitrogens with zero attached hydrogens (tertiary/aromatic N) is 7. The van der Waals surface area contributed by atoms with Crippen molar-refractivity contribution in [1.29, 1.82) is 0 Å². The zero-order chi connectivity index (χ0) is 33.0. The van der Waals surface area contributed by atoms with E-state index in [0.29, 0.717) is 54.7 Å². The monoisotopic (exact) mass is 632 g/mol. The van der Waals surface area contributed by atoms with Gasteiger partial charge >= 0.3 is 0 Å². The molecular formula is C33H44N8O5. The van der Waals surface area contributed by atoms with Crippen LogP contribution in [0.1, 0.15) is 61.3 Å².